The fourth-order valence-corrected chi connectivity index (χ4v) is 3.98. The Kier molecular flexibility index (Phi) is 9.37. The Labute approximate surface area is 227 Å². The molecule has 6 nitrogen and oxygen atoms in total. The lowest BCUT2D eigenvalue weighted by Crippen LogP contribution is -2.43. The zero-order chi connectivity index (χ0) is 26.7. The van der Waals surface area contributed by atoms with Gasteiger partial charge in [-0.05, 0) is 65.2 Å². The molecule has 1 amide bonds. The first-order chi connectivity index (χ1) is 18.5. The monoisotopic (exact) mass is 529 g/mol. The van der Waals surface area contributed by atoms with Gasteiger partial charge in [-0.3, -0.25) is 4.79 Å². The highest BCUT2D eigenvalue weighted by Gasteiger charge is 2.22. The molecule has 0 aliphatic rings. The van der Waals surface area contributed by atoms with E-state index in [1.54, 1.807) is 30.3 Å². The van der Waals surface area contributed by atoms with Crippen molar-refractivity contribution < 1.29 is 23.8 Å². The lowest BCUT2D eigenvalue weighted by atomic mass is 10.0. The van der Waals surface area contributed by atoms with E-state index >= 15 is 0 Å². The van der Waals surface area contributed by atoms with Gasteiger partial charge in [-0.2, -0.15) is 0 Å². The molecule has 1 atom stereocenters. The molecular weight excluding hydrogens is 502 g/mol. The van der Waals surface area contributed by atoms with Crippen molar-refractivity contribution >= 4 is 23.5 Å². The number of carbonyl (C=O) groups is 2. The Morgan fingerprint density at radius 2 is 1.34 bits per heavy atom. The smallest absolute Gasteiger partial charge is 0.328 e. The van der Waals surface area contributed by atoms with Crippen LogP contribution in [0.2, 0.25) is 5.02 Å². The summed E-state index contributed by atoms with van der Waals surface area (Å²) in [5.74, 6) is 0.420. The van der Waals surface area contributed by atoms with Crippen molar-refractivity contribution in [2.24, 2.45) is 0 Å². The highest BCUT2D eigenvalue weighted by Crippen LogP contribution is 2.18. The molecule has 1 unspecified atom stereocenters. The maximum Gasteiger partial charge on any atom is 0.328 e. The van der Waals surface area contributed by atoms with Gasteiger partial charge in [0.25, 0.3) is 5.91 Å². The number of nitrogens with one attached hydrogen (secondary N) is 1. The highest BCUT2D eigenvalue weighted by molar-refractivity contribution is 6.30. The molecule has 7 heteroatoms. The summed E-state index contributed by atoms with van der Waals surface area (Å²) in [7, 11) is 1.30. The first-order valence-electron chi connectivity index (χ1n) is 12.1. The summed E-state index contributed by atoms with van der Waals surface area (Å²) in [6, 6.07) is 30.6. The topological polar surface area (TPSA) is 73.9 Å². The Morgan fingerprint density at radius 3 is 1.97 bits per heavy atom. The van der Waals surface area contributed by atoms with E-state index < -0.39 is 12.0 Å². The number of esters is 1. The van der Waals surface area contributed by atoms with Crippen LogP contribution in [0.3, 0.4) is 0 Å². The van der Waals surface area contributed by atoms with E-state index in [9.17, 15) is 9.59 Å². The molecule has 0 radical (unpaired) electrons. The summed E-state index contributed by atoms with van der Waals surface area (Å²) in [4.78, 5) is 25.3. The normalized spacial score (nSPS) is 11.3. The first-order valence-corrected chi connectivity index (χ1v) is 12.5. The molecule has 0 fully saturated rings. The Bertz CT molecular complexity index is 1340. The minimum Gasteiger partial charge on any atom is -0.489 e. The van der Waals surface area contributed by atoms with Gasteiger partial charge in [0.05, 0.1) is 7.11 Å². The average Bonchev–Trinajstić information content (AvgIpc) is 2.95. The second-order valence-corrected chi connectivity index (χ2v) is 9.05. The Hall–Kier alpha value is -4.29. The van der Waals surface area contributed by atoms with E-state index in [0.29, 0.717) is 35.3 Å². The van der Waals surface area contributed by atoms with Crippen LogP contribution in [0.4, 0.5) is 0 Å². The zero-order valence-corrected chi connectivity index (χ0v) is 21.7. The number of hydrogen-bond donors (Lipinski definition) is 1. The number of rotatable bonds is 11. The molecule has 4 aromatic carbocycles. The molecule has 0 aliphatic carbocycles. The number of carbonyl (C=O) groups excluding carboxylic acids is 2. The van der Waals surface area contributed by atoms with E-state index in [1.807, 2.05) is 72.8 Å². The molecule has 0 spiro atoms. The third-order valence-electron chi connectivity index (χ3n) is 5.81. The van der Waals surface area contributed by atoms with Gasteiger partial charge in [0, 0.05) is 17.0 Å². The van der Waals surface area contributed by atoms with E-state index in [4.69, 9.17) is 25.8 Å². The summed E-state index contributed by atoms with van der Waals surface area (Å²) in [5.41, 5.74) is 3.28. The quantitative estimate of drug-likeness (QED) is 0.241. The number of hydrogen-bond acceptors (Lipinski definition) is 5. The van der Waals surface area contributed by atoms with Crippen LogP contribution in [0.25, 0.3) is 0 Å². The van der Waals surface area contributed by atoms with Crippen molar-refractivity contribution in [3.05, 3.63) is 130 Å². The van der Waals surface area contributed by atoms with Gasteiger partial charge in [-0.25, -0.2) is 4.79 Å². The van der Waals surface area contributed by atoms with Crippen LogP contribution < -0.4 is 14.8 Å². The van der Waals surface area contributed by atoms with Gasteiger partial charge in [0.15, 0.2) is 0 Å². The number of halogens is 1. The summed E-state index contributed by atoms with van der Waals surface area (Å²) in [6.45, 7) is 0.818. The average molecular weight is 530 g/mol. The maximum atomic E-state index is 12.9. The predicted molar refractivity (Wildman–Crippen MR) is 146 cm³/mol. The third kappa shape index (κ3) is 7.85. The molecule has 0 aliphatic heterocycles. The summed E-state index contributed by atoms with van der Waals surface area (Å²) < 4.78 is 16.5. The minimum absolute atomic E-state index is 0.276. The molecule has 0 saturated carbocycles. The van der Waals surface area contributed by atoms with Crippen LogP contribution in [0, 0.1) is 0 Å². The number of benzene rings is 4. The number of methoxy groups -OCH3 is 1. The van der Waals surface area contributed by atoms with E-state index in [1.165, 1.54) is 7.11 Å². The molecule has 0 saturated heterocycles. The molecule has 4 rings (SSSR count). The zero-order valence-electron chi connectivity index (χ0n) is 20.9. The molecule has 0 bridgehead atoms. The van der Waals surface area contributed by atoms with Crippen molar-refractivity contribution in [1.29, 1.82) is 0 Å². The van der Waals surface area contributed by atoms with Crippen molar-refractivity contribution in [2.45, 2.75) is 25.7 Å². The van der Waals surface area contributed by atoms with Crippen LogP contribution in [-0.4, -0.2) is 25.0 Å². The van der Waals surface area contributed by atoms with Crippen LogP contribution in [0.1, 0.15) is 27.0 Å². The molecule has 1 N–H and O–H groups in total. The summed E-state index contributed by atoms with van der Waals surface area (Å²) in [5, 5.41) is 3.42. The molecule has 4 aromatic rings. The first kappa shape index (κ1) is 26.8. The molecular formula is C31H28ClNO5. The second-order valence-electron chi connectivity index (χ2n) is 8.61. The Morgan fingerprint density at radius 1 is 0.737 bits per heavy atom. The van der Waals surface area contributed by atoms with E-state index in [0.717, 1.165) is 16.7 Å². The maximum absolute atomic E-state index is 12.9. The van der Waals surface area contributed by atoms with Gasteiger partial charge >= 0.3 is 5.97 Å². The van der Waals surface area contributed by atoms with Gasteiger partial charge in [-0.1, -0.05) is 66.2 Å². The summed E-state index contributed by atoms with van der Waals surface area (Å²) >= 11 is 6.01. The van der Waals surface area contributed by atoms with Crippen LogP contribution in [-0.2, 0) is 29.2 Å². The standard InChI is InChI=1S/C31H28ClNO5/c1-36-31(35)29(19-22-10-14-27(15-11-22)37-20-23-6-3-2-4-7-23)33-30(34)25-12-16-28(17-13-25)38-21-24-8-5-9-26(32)18-24/h2-18,29H,19-21H2,1H3,(H,33,34). The lowest BCUT2D eigenvalue weighted by Gasteiger charge is -2.17. The third-order valence-corrected chi connectivity index (χ3v) is 6.05. The van der Waals surface area contributed by atoms with Gasteiger partial charge in [0.1, 0.15) is 30.8 Å². The predicted octanol–water partition coefficient (Wildman–Crippen LogP) is 6.01. The number of ether oxygens (including phenoxy) is 3. The van der Waals surface area contributed by atoms with Crippen LogP contribution in [0.5, 0.6) is 11.5 Å². The van der Waals surface area contributed by atoms with Crippen molar-refractivity contribution in [1.82, 2.24) is 5.32 Å². The van der Waals surface area contributed by atoms with E-state index in [-0.39, 0.29) is 12.3 Å². The SMILES string of the molecule is COC(=O)C(Cc1ccc(OCc2ccccc2)cc1)NC(=O)c1ccc(OCc2cccc(Cl)c2)cc1. The molecule has 194 valence electrons. The fraction of sp³-hybridized carbons (Fsp3) is 0.161. The van der Waals surface area contributed by atoms with Crippen LogP contribution in [0.15, 0.2) is 103 Å². The molecule has 0 aromatic heterocycles. The van der Waals surface area contributed by atoms with Gasteiger partial charge < -0.3 is 19.5 Å². The summed E-state index contributed by atoms with van der Waals surface area (Å²) in [6.07, 6.45) is 0.276. The van der Waals surface area contributed by atoms with Gasteiger partial charge in [0.2, 0.25) is 0 Å². The fourth-order valence-electron chi connectivity index (χ4n) is 3.77. The van der Waals surface area contributed by atoms with E-state index in [2.05, 4.69) is 5.32 Å². The minimum atomic E-state index is -0.845. The highest BCUT2D eigenvalue weighted by atomic mass is 35.5. The number of amides is 1. The van der Waals surface area contributed by atoms with Crippen molar-refractivity contribution in [3.8, 4) is 11.5 Å². The Balaban J connectivity index is 1.32. The van der Waals surface area contributed by atoms with Crippen LogP contribution >= 0.6 is 11.6 Å². The molecule has 0 heterocycles. The van der Waals surface area contributed by atoms with Crippen molar-refractivity contribution in [3.63, 3.8) is 0 Å². The largest absolute Gasteiger partial charge is 0.489 e. The second kappa shape index (κ2) is 13.3. The molecule has 38 heavy (non-hydrogen) atoms. The lowest BCUT2D eigenvalue weighted by molar-refractivity contribution is -0.142. The van der Waals surface area contributed by atoms with Gasteiger partial charge in [-0.15, -0.1) is 0 Å². The van der Waals surface area contributed by atoms with Crippen molar-refractivity contribution in [2.75, 3.05) is 7.11 Å².